The molecule has 1 atom stereocenters. The summed E-state index contributed by atoms with van der Waals surface area (Å²) < 4.78 is 12.4. The summed E-state index contributed by atoms with van der Waals surface area (Å²) in [7, 11) is 0. The van der Waals surface area contributed by atoms with Gasteiger partial charge in [-0.15, -0.1) is 6.58 Å². The number of hydrogen-bond donors (Lipinski definition) is 0. The standard InChI is InChI=1S/C23H20BrN3O3/c1-4-14-29-23(17-12-9-13-18(24)19(17)27(5-2)22(23)28)15(3)21-25-20(26-30-21)16-10-7-6-8-11-16/h4,6-13H,1,3,5,14H2,2H3. The lowest BCUT2D eigenvalue weighted by Crippen LogP contribution is -2.43. The third-order valence-electron chi connectivity index (χ3n) is 5.06. The highest BCUT2D eigenvalue weighted by Crippen LogP contribution is 2.51. The van der Waals surface area contributed by atoms with Gasteiger partial charge in [0.25, 0.3) is 11.8 Å². The van der Waals surface area contributed by atoms with E-state index in [1.54, 1.807) is 11.0 Å². The van der Waals surface area contributed by atoms with Gasteiger partial charge in [0.05, 0.1) is 17.9 Å². The molecule has 1 aliphatic heterocycles. The van der Waals surface area contributed by atoms with Gasteiger partial charge in [0, 0.05) is 22.1 Å². The van der Waals surface area contributed by atoms with Crippen molar-refractivity contribution >= 4 is 33.1 Å². The molecule has 0 N–H and O–H groups in total. The van der Waals surface area contributed by atoms with Crippen molar-refractivity contribution in [3.63, 3.8) is 0 Å². The van der Waals surface area contributed by atoms with Crippen LogP contribution in [0.25, 0.3) is 17.0 Å². The molecule has 0 fully saturated rings. The van der Waals surface area contributed by atoms with Crippen LogP contribution in [-0.2, 0) is 15.1 Å². The summed E-state index contributed by atoms with van der Waals surface area (Å²) in [5.74, 6) is 0.311. The lowest BCUT2D eigenvalue weighted by atomic mass is 9.87. The normalized spacial score (nSPS) is 17.8. The van der Waals surface area contributed by atoms with E-state index in [4.69, 9.17) is 9.26 Å². The first kappa shape index (κ1) is 20.3. The van der Waals surface area contributed by atoms with Crippen LogP contribution in [-0.4, -0.2) is 29.2 Å². The van der Waals surface area contributed by atoms with E-state index < -0.39 is 5.60 Å². The fraction of sp³-hybridized carbons (Fsp3) is 0.174. The molecular weight excluding hydrogens is 446 g/mol. The van der Waals surface area contributed by atoms with Gasteiger partial charge in [-0.25, -0.2) is 0 Å². The summed E-state index contributed by atoms with van der Waals surface area (Å²) in [6, 6.07) is 15.1. The molecule has 3 aromatic rings. The van der Waals surface area contributed by atoms with Crippen molar-refractivity contribution in [2.75, 3.05) is 18.1 Å². The quantitative estimate of drug-likeness (QED) is 0.460. The van der Waals surface area contributed by atoms with Crippen LogP contribution < -0.4 is 4.90 Å². The Labute approximate surface area is 183 Å². The highest BCUT2D eigenvalue weighted by atomic mass is 79.9. The van der Waals surface area contributed by atoms with E-state index in [9.17, 15) is 4.79 Å². The predicted octanol–water partition coefficient (Wildman–Crippen LogP) is 4.98. The fourth-order valence-electron chi connectivity index (χ4n) is 3.69. The molecule has 30 heavy (non-hydrogen) atoms. The number of fused-ring (bicyclic) bond motifs is 1. The molecule has 0 saturated heterocycles. The second-order valence-electron chi connectivity index (χ2n) is 6.73. The Bertz CT molecular complexity index is 1130. The maximum Gasteiger partial charge on any atom is 0.268 e. The Morgan fingerprint density at radius 2 is 2.03 bits per heavy atom. The molecule has 0 radical (unpaired) electrons. The minimum Gasteiger partial charge on any atom is -0.351 e. The van der Waals surface area contributed by atoms with Crippen LogP contribution in [0.15, 0.2) is 76.8 Å². The minimum absolute atomic E-state index is 0.147. The van der Waals surface area contributed by atoms with Gasteiger partial charge < -0.3 is 14.2 Å². The largest absolute Gasteiger partial charge is 0.351 e. The highest BCUT2D eigenvalue weighted by Gasteiger charge is 2.56. The molecule has 1 aromatic heterocycles. The number of likely N-dealkylation sites (N-methyl/N-ethyl adjacent to an activating group) is 1. The molecule has 7 heteroatoms. The maximum atomic E-state index is 13.7. The number of anilines is 1. The number of rotatable bonds is 7. The average Bonchev–Trinajstić information content (AvgIpc) is 3.35. The Hall–Kier alpha value is -3.03. The summed E-state index contributed by atoms with van der Waals surface area (Å²) in [6.07, 6.45) is 1.60. The summed E-state index contributed by atoms with van der Waals surface area (Å²) in [5, 5.41) is 4.07. The molecule has 1 aliphatic rings. The van der Waals surface area contributed by atoms with Crippen molar-refractivity contribution in [1.29, 1.82) is 0 Å². The molecule has 6 nitrogen and oxygen atoms in total. The van der Waals surface area contributed by atoms with Crippen LogP contribution in [0.4, 0.5) is 5.69 Å². The Balaban J connectivity index is 1.85. The number of ether oxygens (including phenoxy) is 1. The Kier molecular flexibility index (Phi) is 5.40. The van der Waals surface area contributed by atoms with E-state index in [2.05, 4.69) is 39.2 Å². The zero-order valence-electron chi connectivity index (χ0n) is 16.5. The number of nitrogens with zero attached hydrogens (tertiary/aromatic N) is 3. The summed E-state index contributed by atoms with van der Waals surface area (Å²) in [6.45, 7) is 10.4. The topological polar surface area (TPSA) is 68.5 Å². The Morgan fingerprint density at radius 3 is 2.73 bits per heavy atom. The van der Waals surface area contributed by atoms with Gasteiger partial charge in [-0.1, -0.05) is 60.3 Å². The van der Waals surface area contributed by atoms with Crippen molar-refractivity contribution in [2.24, 2.45) is 0 Å². The van der Waals surface area contributed by atoms with E-state index in [-0.39, 0.29) is 18.4 Å². The van der Waals surface area contributed by atoms with Crippen LogP contribution >= 0.6 is 15.9 Å². The van der Waals surface area contributed by atoms with Crippen molar-refractivity contribution in [3.8, 4) is 11.4 Å². The first-order chi connectivity index (χ1) is 14.5. The first-order valence-electron chi connectivity index (χ1n) is 9.49. The molecule has 2 heterocycles. The van der Waals surface area contributed by atoms with Crippen LogP contribution in [0.3, 0.4) is 0 Å². The molecule has 1 unspecified atom stereocenters. The number of benzene rings is 2. The molecule has 0 bridgehead atoms. The van der Waals surface area contributed by atoms with Gasteiger partial charge in [0.2, 0.25) is 11.4 Å². The van der Waals surface area contributed by atoms with Gasteiger partial charge >= 0.3 is 0 Å². The average molecular weight is 466 g/mol. The van der Waals surface area contributed by atoms with Gasteiger partial charge in [-0.05, 0) is 28.9 Å². The van der Waals surface area contributed by atoms with Crippen molar-refractivity contribution in [2.45, 2.75) is 12.5 Å². The third kappa shape index (κ3) is 3.02. The zero-order chi connectivity index (χ0) is 21.3. The van der Waals surface area contributed by atoms with E-state index in [0.717, 1.165) is 15.7 Å². The number of carbonyl (C=O) groups excluding carboxylic acids is 1. The SMILES string of the molecule is C=CCOC1(C(=C)c2nc(-c3ccccc3)no2)C(=O)N(CC)c2c(Br)cccc21. The molecule has 2 aromatic carbocycles. The molecular formula is C23H20BrN3O3. The summed E-state index contributed by atoms with van der Waals surface area (Å²) in [4.78, 5) is 19.8. The van der Waals surface area contributed by atoms with E-state index >= 15 is 0 Å². The smallest absolute Gasteiger partial charge is 0.268 e. The Morgan fingerprint density at radius 1 is 1.27 bits per heavy atom. The maximum absolute atomic E-state index is 13.7. The lowest BCUT2D eigenvalue weighted by Gasteiger charge is -2.28. The summed E-state index contributed by atoms with van der Waals surface area (Å²) >= 11 is 3.57. The van der Waals surface area contributed by atoms with Crippen LogP contribution in [0.2, 0.25) is 0 Å². The number of amides is 1. The van der Waals surface area contributed by atoms with Crippen molar-refractivity contribution in [3.05, 3.63) is 83.7 Å². The number of carbonyl (C=O) groups is 1. The predicted molar refractivity (Wildman–Crippen MR) is 119 cm³/mol. The molecule has 152 valence electrons. The van der Waals surface area contributed by atoms with Gasteiger partial charge in [-0.2, -0.15) is 4.98 Å². The van der Waals surface area contributed by atoms with Crippen LogP contribution in [0.1, 0.15) is 18.4 Å². The number of aromatic nitrogens is 2. The molecule has 0 saturated carbocycles. The monoisotopic (exact) mass is 465 g/mol. The van der Waals surface area contributed by atoms with Gasteiger partial charge in [0.1, 0.15) is 0 Å². The highest BCUT2D eigenvalue weighted by molar-refractivity contribution is 9.10. The lowest BCUT2D eigenvalue weighted by molar-refractivity contribution is -0.135. The third-order valence-corrected chi connectivity index (χ3v) is 5.70. The molecule has 0 spiro atoms. The summed E-state index contributed by atoms with van der Waals surface area (Å²) in [5.41, 5.74) is 1.04. The van der Waals surface area contributed by atoms with E-state index in [1.807, 2.05) is 55.5 Å². The molecule has 1 amide bonds. The zero-order valence-corrected chi connectivity index (χ0v) is 18.1. The van der Waals surface area contributed by atoms with Crippen LogP contribution in [0, 0.1) is 0 Å². The second-order valence-corrected chi connectivity index (χ2v) is 7.59. The fourth-order valence-corrected chi connectivity index (χ4v) is 4.27. The van der Waals surface area contributed by atoms with Gasteiger partial charge in [0.15, 0.2) is 0 Å². The molecule has 4 rings (SSSR count). The van der Waals surface area contributed by atoms with Crippen molar-refractivity contribution < 1.29 is 14.1 Å². The molecule has 0 aliphatic carbocycles. The number of para-hydroxylation sites is 1. The van der Waals surface area contributed by atoms with E-state index in [0.29, 0.717) is 23.5 Å². The number of halogens is 1. The first-order valence-corrected chi connectivity index (χ1v) is 10.3. The number of hydrogen-bond acceptors (Lipinski definition) is 5. The van der Waals surface area contributed by atoms with Crippen LogP contribution in [0.5, 0.6) is 0 Å². The van der Waals surface area contributed by atoms with Gasteiger partial charge in [-0.3, -0.25) is 4.79 Å². The van der Waals surface area contributed by atoms with Crippen molar-refractivity contribution in [1.82, 2.24) is 10.1 Å². The minimum atomic E-state index is -1.48. The van der Waals surface area contributed by atoms with E-state index in [1.165, 1.54) is 0 Å². The second kappa shape index (κ2) is 8.01.